The van der Waals surface area contributed by atoms with Crippen molar-refractivity contribution in [1.29, 1.82) is 0 Å². The molecule has 0 N–H and O–H groups in total. The van der Waals surface area contributed by atoms with E-state index in [-0.39, 0.29) is 0 Å². The molecule has 13 rings (SSSR count). The largest absolute Gasteiger partial charge is 0.454 e. The van der Waals surface area contributed by atoms with E-state index in [1.54, 1.807) is 6.08 Å². The molecule has 7 nitrogen and oxygen atoms in total. The van der Waals surface area contributed by atoms with Gasteiger partial charge in [0.1, 0.15) is 5.58 Å². The predicted octanol–water partition coefficient (Wildman–Crippen LogP) is 15.2. The molecule has 312 valence electrons. The summed E-state index contributed by atoms with van der Waals surface area (Å²) in [6.07, 6.45) is 9.18. The maximum absolute atomic E-state index is 6.85. The molecule has 7 aromatic heterocycles. The van der Waals surface area contributed by atoms with E-state index in [9.17, 15) is 0 Å². The fourth-order valence-electron chi connectivity index (χ4n) is 9.59. The van der Waals surface area contributed by atoms with Gasteiger partial charge in [-0.05, 0) is 126 Å². The van der Waals surface area contributed by atoms with Crippen LogP contribution < -0.4 is 0 Å². The number of furan rings is 1. The van der Waals surface area contributed by atoms with Gasteiger partial charge >= 0.3 is 0 Å². The van der Waals surface area contributed by atoms with Crippen molar-refractivity contribution in [1.82, 2.24) is 29.1 Å². The van der Waals surface area contributed by atoms with Gasteiger partial charge < -0.3 is 13.6 Å². The maximum atomic E-state index is 6.85. The van der Waals surface area contributed by atoms with Crippen molar-refractivity contribution >= 4 is 65.8 Å². The lowest BCUT2D eigenvalue weighted by atomic mass is 9.96. The lowest BCUT2D eigenvalue weighted by Crippen LogP contribution is -1.94. The second kappa shape index (κ2) is 16.0. The molecule has 0 aliphatic rings. The summed E-state index contributed by atoms with van der Waals surface area (Å²) < 4.78 is 11.5. The molecule has 7 heteroatoms. The average molecular weight is 849 g/mol. The Labute approximate surface area is 380 Å². The number of aromatic nitrogens is 6. The summed E-state index contributed by atoms with van der Waals surface area (Å²) in [5.41, 5.74) is 18.2. The number of hydrogen-bond acceptors (Lipinski definition) is 5. The average Bonchev–Trinajstić information content (AvgIpc) is 4.04. The molecule has 0 bridgehead atoms. The minimum Gasteiger partial charge on any atom is -0.454 e. The summed E-state index contributed by atoms with van der Waals surface area (Å²) in [7, 11) is 0. The molecule has 0 amide bonds. The van der Waals surface area contributed by atoms with Crippen LogP contribution in [0, 0.1) is 0 Å². The standard InChI is InChI=1S/C56H34N6O.C3H6/c1-3-14-40(46-17-5-7-28-57-46)38(12-1)35-22-25-48-44(32-35)54-50(20-10-30-59-54)61(48)37-24-27-53-43(34-37)42-16-9-19-52(56(42)63-53)62-49-26-23-36(33-45(49)55-51(62)21-11-31-60-55)39-13-2-4-15-41(39)47-18-6-8-29-58-47;1-3-2/h1-34H;3H,1H2,2H3. The van der Waals surface area contributed by atoms with Crippen LogP contribution in [0.25, 0.3) is 122 Å². The number of rotatable bonds is 6. The Kier molecular flexibility index (Phi) is 9.39. The third-order valence-corrected chi connectivity index (χ3v) is 12.4. The van der Waals surface area contributed by atoms with Gasteiger partial charge in [0.15, 0.2) is 5.58 Å². The maximum Gasteiger partial charge on any atom is 0.159 e. The highest BCUT2D eigenvalue weighted by Gasteiger charge is 2.21. The highest BCUT2D eigenvalue weighted by atomic mass is 16.3. The number of allylic oxidation sites excluding steroid dienone is 1. The first-order chi connectivity index (χ1) is 32.7. The summed E-state index contributed by atoms with van der Waals surface area (Å²) in [5, 5.41) is 4.23. The lowest BCUT2D eigenvalue weighted by Gasteiger charge is -2.11. The van der Waals surface area contributed by atoms with Gasteiger partial charge in [-0.15, -0.1) is 6.58 Å². The number of nitrogens with zero attached hydrogens (tertiary/aromatic N) is 6. The Morgan fingerprint density at radius 1 is 0.424 bits per heavy atom. The number of hydrogen-bond donors (Lipinski definition) is 0. The third kappa shape index (κ3) is 6.28. The molecule has 0 fully saturated rings. The van der Waals surface area contributed by atoms with Crippen LogP contribution in [0.3, 0.4) is 0 Å². The van der Waals surface area contributed by atoms with Crippen molar-refractivity contribution in [2.45, 2.75) is 6.92 Å². The second-order valence-corrected chi connectivity index (χ2v) is 16.2. The van der Waals surface area contributed by atoms with Crippen LogP contribution in [0.5, 0.6) is 0 Å². The molecule has 0 aliphatic heterocycles. The Morgan fingerprint density at radius 3 is 1.53 bits per heavy atom. The Balaban J connectivity index is 0.00000148. The van der Waals surface area contributed by atoms with Crippen LogP contribution >= 0.6 is 0 Å². The zero-order valence-corrected chi connectivity index (χ0v) is 36.0. The summed E-state index contributed by atoms with van der Waals surface area (Å²) in [6, 6.07) is 63.6. The van der Waals surface area contributed by atoms with Gasteiger partial charge in [-0.1, -0.05) is 91.0 Å². The van der Waals surface area contributed by atoms with Crippen LogP contribution in [0.4, 0.5) is 0 Å². The second-order valence-electron chi connectivity index (χ2n) is 16.2. The molecular weight excluding hydrogens is 809 g/mol. The van der Waals surface area contributed by atoms with Gasteiger partial charge in [0.2, 0.25) is 0 Å². The third-order valence-electron chi connectivity index (χ3n) is 12.4. The highest BCUT2D eigenvalue weighted by molar-refractivity contribution is 6.14. The molecule has 0 atom stereocenters. The van der Waals surface area contributed by atoms with Gasteiger partial charge in [0, 0.05) is 63.1 Å². The SMILES string of the molecule is C=CC.c1ccc(-c2ccccc2-c2ccc3c(c2)c2ncccc2n3-c2ccc3oc4c(-n5c6ccc(-c7ccccc7-c7ccccn7)cc6c6ncccc65)cccc4c3c2)nc1. The molecule has 0 spiro atoms. The first-order valence-corrected chi connectivity index (χ1v) is 22.0. The molecule has 0 aliphatic carbocycles. The number of benzene rings is 6. The van der Waals surface area contributed by atoms with E-state index in [1.165, 1.54) is 0 Å². The molecule has 0 radical (unpaired) electrons. The van der Waals surface area contributed by atoms with Gasteiger partial charge in [-0.25, -0.2) is 0 Å². The minimum atomic E-state index is 0.817. The normalized spacial score (nSPS) is 11.5. The Hall–Kier alpha value is -8.94. The number of para-hydroxylation sites is 1. The first kappa shape index (κ1) is 38.7. The molecule has 0 saturated heterocycles. The summed E-state index contributed by atoms with van der Waals surface area (Å²) >= 11 is 0. The molecule has 0 saturated carbocycles. The van der Waals surface area contributed by atoms with E-state index < -0.39 is 0 Å². The summed E-state index contributed by atoms with van der Waals surface area (Å²) in [6.45, 7) is 5.25. The predicted molar refractivity (Wildman–Crippen MR) is 271 cm³/mol. The van der Waals surface area contributed by atoms with Gasteiger partial charge in [-0.3, -0.25) is 19.9 Å². The van der Waals surface area contributed by atoms with E-state index in [0.29, 0.717) is 0 Å². The van der Waals surface area contributed by atoms with Crippen molar-refractivity contribution in [3.63, 3.8) is 0 Å². The smallest absolute Gasteiger partial charge is 0.159 e. The lowest BCUT2D eigenvalue weighted by molar-refractivity contribution is 0.666. The van der Waals surface area contributed by atoms with E-state index in [1.807, 2.05) is 68.1 Å². The molecular formula is C59H40N6O. The zero-order chi connectivity index (χ0) is 44.1. The van der Waals surface area contributed by atoms with E-state index in [0.717, 1.165) is 122 Å². The minimum absolute atomic E-state index is 0.817. The quantitative estimate of drug-likeness (QED) is 0.156. The molecule has 7 heterocycles. The number of fused-ring (bicyclic) bond motifs is 9. The zero-order valence-electron chi connectivity index (χ0n) is 36.0. The summed E-state index contributed by atoms with van der Waals surface area (Å²) in [4.78, 5) is 19.2. The first-order valence-electron chi connectivity index (χ1n) is 22.0. The van der Waals surface area contributed by atoms with Crippen molar-refractivity contribution in [3.05, 3.63) is 219 Å². The van der Waals surface area contributed by atoms with E-state index in [2.05, 4.69) is 171 Å². The van der Waals surface area contributed by atoms with Crippen LogP contribution in [0.2, 0.25) is 0 Å². The summed E-state index contributed by atoms with van der Waals surface area (Å²) in [5.74, 6) is 0. The monoisotopic (exact) mass is 848 g/mol. The Bertz CT molecular complexity index is 3980. The van der Waals surface area contributed by atoms with Crippen molar-refractivity contribution in [3.8, 4) is 56.1 Å². The van der Waals surface area contributed by atoms with Crippen LogP contribution in [-0.2, 0) is 0 Å². The molecule has 13 aromatic rings. The topological polar surface area (TPSA) is 74.6 Å². The van der Waals surface area contributed by atoms with Crippen LogP contribution in [-0.4, -0.2) is 29.1 Å². The van der Waals surface area contributed by atoms with Crippen molar-refractivity contribution < 1.29 is 4.42 Å². The highest BCUT2D eigenvalue weighted by Crippen LogP contribution is 2.42. The van der Waals surface area contributed by atoms with E-state index >= 15 is 0 Å². The number of pyridine rings is 4. The van der Waals surface area contributed by atoms with Crippen molar-refractivity contribution in [2.24, 2.45) is 0 Å². The van der Waals surface area contributed by atoms with Gasteiger partial charge in [-0.2, -0.15) is 0 Å². The molecule has 6 aromatic carbocycles. The molecule has 66 heavy (non-hydrogen) atoms. The van der Waals surface area contributed by atoms with Crippen LogP contribution in [0.15, 0.2) is 224 Å². The van der Waals surface area contributed by atoms with Crippen molar-refractivity contribution in [2.75, 3.05) is 0 Å². The fraction of sp³-hybridized carbons (Fsp3) is 0.0169. The van der Waals surface area contributed by atoms with Gasteiger partial charge in [0.05, 0.1) is 50.2 Å². The molecule has 0 unspecified atom stereocenters. The Morgan fingerprint density at radius 2 is 0.955 bits per heavy atom. The fourth-order valence-corrected chi connectivity index (χ4v) is 9.59. The van der Waals surface area contributed by atoms with Gasteiger partial charge in [0.25, 0.3) is 0 Å². The van der Waals surface area contributed by atoms with E-state index in [4.69, 9.17) is 14.4 Å². The van der Waals surface area contributed by atoms with Crippen LogP contribution in [0.1, 0.15) is 6.92 Å².